The molecule has 0 aliphatic carbocycles. The summed E-state index contributed by atoms with van der Waals surface area (Å²) in [6.45, 7) is 6.38. The third-order valence-corrected chi connectivity index (χ3v) is 1.95. The van der Waals surface area contributed by atoms with Gasteiger partial charge in [-0.25, -0.2) is 0 Å². The number of oxazole rings is 1. The molecule has 0 aliphatic rings. The number of rotatable bonds is 3. The molecule has 1 aromatic carbocycles. The second-order valence-electron chi connectivity index (χ2n) is 3.56. The van der Waals surface area contributed by atoms with Crippen LogP contribution in [0.15, 0.2) is 34.8 Å². The van der Waals surface area contributed by atoms with E-state index in [4.69, 9.17) is 10.2 Å². The minimum atomic E-state index is 0.499. The van der Waals surface area contributed by atoms with Gasteiger partial charge in [-0.15, -0.1) is 0 Å². The molecule has 0 spiro atoms. The molecule has 4 heteroatoms. The molecule has 4 nitrogen and oxygen atoms in total. The monoisotopic (exact) mass is 203 g/mol. The topological polar surface area (TPSA) is 64.1 Å². The minimum absolute atomic E-state index is 0.499. The van der Waals surface area contributed by atoms with Crippen LogP contribution in [0.5, 0.6) is 0 Å². The molecule has 0 bridgehead atoms. The highest BCUT2D eigenvalue weighted by molar-refractivity contribution is 5.78. The molecule has 0 atom stereocenters. The lowest BCUT2D eigenvalue weighted by Crippen LogP contribution is -2.01. The van der Waals surface area contributed by atoms with Crippen LogP contribution in [-0.2, 0) is 0 Å². The van der Waals surface area contributed by atoms with Crippen LogP contribution in [0.2, 0.25) is 0 Å². The summed E-state index contributed by atoms with van der Waals surface area (Å²) in [6.07, 6.45) is 0. The lowest BCUT2D eigenvalue weighted by atomic mass is 10.3. The van der Waals surface area contributed by atoms with Crippen LogP contribution in [0.1, 0.15) is 6.92 Å². The molecule has 2 aromatic rings. The first-order valence-electron chi connectivity index (χ1n) is 4.69. The Labute approximate surface area is 87.8 Å². The number of nitrogens with one attached hydrogen (secondary N) is 1. The number of nitrogens with two attached hydrogens (primary N) is 1. The molecule has 0 amide bonds. The largest absolute Gasteiger partial charge is 0.423 e. The van der Waals surface area contributed by atoms with Crippen molar-refractivity contribution in [2.24, 2.45) is 0 Å². The molecular formula is C11H13N3O. The van der Waals surface area contributed by atoms with Gasteiger partial charge >= 0.3 is 0 Å². The number of benzene rings is 1. The Hall–Kier alpha value is -1.97. The van der Waals surface area contributed by atoms with Crippen LogP contribution >= 0.6 is 0 Å². The third kappa shape index (κ3) is 2.10. The van der Waals surface area contributed by atoms with E-state index in [1.807, 2.05) is 13.0 Å². The van der Waals surface area contributed by atoms with E-state index in [0.717, 1.165) is 11.1 Å². The van der Waals surface area contributed by atoms with E-state index in [9.17, 15) is 0 Å². The minimum Gasteiger partial charge on any atom is -0.423 e. The molecule has 1 heterocycles. The van der Waals surface area contributed by atoms with Gasteiger partial charge in [0.2, 0.25) is 0 Å². The number of hydrogen-bond acceptors (Lipinski definition) is 4. The Bertz CT molecular complexity index is 502. The average molecular weight is 203 g/mol. The van der Waals surface area contributed by atoms with Gasteiger partial charge in [-0.2, -0.15) is 4.98 Å². The normalized spacial score (nSPS) is 10.5. The molecule has 3 N–H and O–H groups in total. The fourth-order valence-corrected chi connectivity index (χ4v) is 1.24. The molecule has 0 saturated carbocycles. The molecule has 0 aliphatic heterocycles. The van der Waals surface area contributed by atoms with Crippen LogP contribution in [0.4, 0.5) is 11.7 Å². The molecular weight excluding hydrogens is 190 g/mol. The van der Waals surface area contributed by atoms with Gasteiger partial charge in [-0.05, 0) is 19.1 Å². The predicted molar refractivity (Wildman–Crippen MR) is 61.7 cm³/mol. The van der Waals surface area contributed by atoms with Crippen molar-refractivity contribution in [3.05, 3.63) is 30.4 Å². The third-order valence-electron chi connectivity index (χ3n) is 1.95. The van der Waals surface area contributed by atoms with Gasteiger partial charge in [0.15, 0.2) is 5.58 Å². The first-order chi connectivity index (χ1) is 7.15. The summed E-state index contributed by atoms with van der Waals surface area (Å²) in [5.41, 5.74) is 8.82. The smallest absolute Gasteiger partial charge is 0.295 e. The van der Waals surface area contributed by atoms with E-state index >= 15 is 0 Å². The maximum Gasteiger partial charge on any atom is 0.295 e. The van der Waals surface area contributed by atoms with Crippen LogP contribution in [0, 0.1) is 0 Å². The van der Waals surface area contributed by atoms with Gasteiger partial charge in [0.25, 0.3) is 6.01 Å². The van der Waals surface area contributed by atoms with E-state index in [-0.39, 0.29) is 0 Å². The molecule has 0 saturated heterocycles. The van der Waals surface area contributed by atoms with Crippen molar-refractivity contribution < 1.29 is 4.42 Å². The van der Waals surface area contributed by atoms with Crippen molar-refractivity contribution in [2.45, 2.75) is 6.92 Å². The highest BCUT2D eigenvalue weighted by Gasteiger charge is 2.04. The molecule has 2 rings (SSSR count). The summed E-state index contributed by atoms with van der Waals surface area (Å²) in [7, 11) is 0. The van der Waals surface area contributed by atoms with Crippen molar-refractivity contribution in [1.82, 2.24) is 4.98 Å². The highest BCUT2D eigenvalue weighted by atomic mass is 16.4. The van der Waals surface area contributed by atoms with Gasteiger partial charge in [0, 0.05) is 18.3 Å². The van der Waals surface area contributed by atoms with Crippen molar-refractivity contribution >= 4 is 22.8 Å². The summed E-state index contributed by atoms with van der Waals surface area (Å²) in [6, 6.07) is 5.89. The molecule has 0 radical (unpaired) electrons. The number of nitrogens with zero attached hydrogens (tertiary/aromatic N) is 1. The van der Waals surface area contributed by atoms with E-state index in [1.165, 1.54) is 0 Å². The number of anilines is 2. The van der Waals surface area contributed by atoms with Crippen LogP contribution in [0.3, 0.4) is 0 Å². The second kappa shape index (κ2) is 3.65. The fourth-order valence-electron chi connectivity index (χ4n) is 1.24. The first-order valence-corrected chi connectivity index (χ1v) is 4.69. The number of nitrogen functional groups attached to an aromatic ring is 1. The van der Waals surface area contributed by atoms with Crippen molar-refractivity contribution in [1.29, 1.82) is 0 Å². The molecule has 78 valence electrons. The van der Waals surface area contributed by atoms with Crippen molar-refractivity contribution in [3.63, 3.8) is 0 Å². The number of hydrogen-bond donors (Lipinski definition) is 2. The Morgan fingerprint density at radius 3 is 3.13 bits per heavy atom. The van der Waals surface area contributed by atoms with E-state index in [0.29, 0.717) is 23.8 Å². The maximum atomic E-state index is 5.63. The SMILES string of the molecule is C=C(C)CNc1nc2ccc(N)cc2o1. The van der Waals surface area contributed by atoms with Gasteiger partial charge in [0.05, 0.1) is 0 Å². The van der Waals surface area contributed by atoms with E-state index in [2.05, 4.69) is 16.9 Å². The predicted octanol–water partition coefficient (Wildman–Crippen LogP) is 2.40. The zero-order chi connectivity index (χ0) is 10.8. The summed E-state index contributed by atoms with van der Waals surface area (Å²) in [5.74, 6) is 0. The number of fused-ring (bicyclic) bond motifs is 1. The summed E-state index contributed by atoms with van der Waals surface area (Å²) >= 11 is 0. The maximum absolute atomic E-state index is 5.63. The molecule has 0 unspecified atom stereocenters. The molecule has 15 heavy (non-hydrogen) atoms. The Morgan fingerprint density at radius 1 is 1.60 bits per heavy atom. The van der Waals surface area contributed by atoms with Gasteiger partial charge < -0.3 is 15.5 Å². The van der Waals surface area contributed by atoms with E-state index in [1.54, 1.807) is 12.1 Å². The van der Waals surface area contributed by atoms with Crippen LogP contribution in [-0.4, -0.2) is 11.5 Å². The second-order valence-corrected chi connectivity index (χ2v) is 3.56. The average Bonchev–Trinajstić information content (AvgIpc) is 2.56. The zero-order valence-electron chi connectivity index (χ0n) is 8.58. The van der Waals surface area contributed by atoms with Gasteiger partial charge in [0.1, 0.15) is 5.52 Å². The van der Waals surface area contributed by atoms with Crippen molar-refractivity contribution in [2.75, 3.05) is 17.6 Å². The van der Waals surface area contributed by atoms with E-state index < -0.39 is 0 Å². The Balaban J connectivity index is 2.27. The summed E-state index contributed by atoms with van der Waals surface area (Å²) < 4.78 is 5.46. The fraction of sp³-hybridized carbons (Fsp3) is 0.182. The van der Waals surface area contributed by atoms with Crippen LogP contribution < -0.4 is 11.1 Å². The lowest BCUT2D eigenvalue weighted by molar-refractivity contribution is 0.617. The van der Waals surface area contributed by atoms with Crippen molar-refractivity contribution in [3.8, 4) is 0 Å². The Morgan fingerprint density at radius 2 is 2.40 bits per heavy atom. The first kappa shape index (κ1) is 9.58. The van der Waals surface area contributed by atoms with Gasteiger partial charge in [-0.3, -0.25) is 0 Å². The quantitative estimate of drug-likeness (QED) is 0.594. The number of aromatic nitrogens is 1. The van der Waals surface area contributed by atoms with Gasteiger partial charge in [-0.1, -0.05) is 12.2 Å². The standard InChI is InChI=1S/C11H13N3O/c1-7(2)6-13-11-14-9-4-3-8(12)5-10(9)15-11/h3-5H,1,6,12H2,2H3,(H,13,14). The summed E-state index contributed by atoms with van der Waals surface area (Å²) in [5, 5.41) is 3.03. The highest BCUT2D eigenvalue weighted by Crippen LogP contribution is 2.20. The Kier molecular flexibility index (Phi) is 2.33. The zero-order valence-corrected chi connectivity index (χ0v) is 8.58. The molecule has 0 fully saturated rings. The van der Waals surface area contributed by atoms with Crippen LogP contribution in [0.25, 0.3) is 11.1 Å². The molecule has 1 aromatic heterocycles. The summed E-state index contributed by atoms with van der Waals surface area (Å²) in [4.78, 5) is 4.25. The lowest BCUT2D eigenvalue weighted by Gasteiger charge is -1.98.